The van der Waals surface area contributed by atoms with E-state index in [0.717, 1.165) is 11.1 Å². The van der Waals surface area contributed by atoms with Crippen molar-refractivity contribution in [2.24, 2.45) is 0 Å². The third-order valence-corrected chi connectivity index (χ3v) is 6.32. The van der Waals surface area contributed by atoms with Gasteiger partial charge in [-0.1, -0.05) is 0 Å². The number of thiophene rings is 1. The lowest BCUT2D eigenvalue weighted by Gasteiger charge is -2.12. The summed E-state index contributed by atoms with van der Waals surface area (Å²) in [6.45, 7) is 2.36. The number of anilines is 1. The average molecular weight is 532 g/mol. The number of amides is 1. The highest BCUT2D eigenvalue weighted by Crippen LogP contribution is 2.36. The molecular formula is C27H25N5O5S. The summed E-state index contributed by atoms with van der Waals surface area (Å²) in [6.07, 6.45) is 4.90. The number of aromatic nitrogens is 4. The molecule has 5 aromatic rings. The highest BCUT2D eigenvalue weighted by Gasteiger charge is 2.18. The fourth-order valence-corrected chi connectivity index (χ4v) is 4.53. The molecular weight excluding hydrogens is 506 g/mol. The van der Waals surface area contributed by atoms with E-state index in [-0.39, 0.29) is 12.3 Å². The number of carbonyl (C=O) groups excluding carboxylic acids is 1. The molecule has 38 heavy (non-hydrogen) atoms. The van der Waals surface area contributed by atoms with Gasteiger partial charge in [-0.05, 0) is 42.6 Å². The van der Waals surface area contributed by atoms with Crippen LogP contribution in [0.3, 0.4) is 0 Å². The maximum absolute atomic E-state index is 12.9. The van der Waals surface area contributed by atoms with Crippen LogP contribution in [0.25, 0.3) is 16.6 Å². The number of pyridine rings is 2. The number of rotatable bonds is 10. The van der Waals surface area contributed by atoms with Gasteiger partial charge in [0.05, 0.1) is 56.5 Å². The van der Waals surface area contributed by atoms with Crippen molar-refractivity contribution >= 4 is 34.0 Å². The van der Waals surface area contributed by atoms with Gasteiger partial charge in [0, 0.05) is 23.0 Å². The molecule has 0 fully saturated rings. The van der Waals surface area contributed by atoms with Gasteiger partial charge in [-0.25, -0.2) is 9.67 Å². The van der Waals surface area contributed by atoms with E-state index in [2.05, 4.69) is 20.4 Å². The van der Waals surface area contributed by atoms with E-state index in [4.69, 9.17) is 18.9 Å². The quantitative estimate of drug-likeness (QED) is 0.260. The third-order valence-electron chi connectivity index (χ3n) is 5.65. The Kier molecular flexibility index (Phi) is 7.36. The molecule has 10 nitrogen and oxygen atoms in total. The monoisotopic (exact) mass is 531 g/mol. The summed E-state index contributed by atoms with van der Waals surface area (Å²) in [5.74, 6) is 2.96. The Bertz CT molecular complexity index is 1550. The van der Waals surface area contributed by atoms with E-state index in [0.29, 0.717) is 52.4 Å². The molecule has 0 radical (unpaired) electrons. The van der Waals surface area contributed by atoms with Crippen LogP contribution in [0.5, 0.6) is 28.7 Å². The molecule has 1 amide bonds. The highest BCUT2D eigenvalue weighted by molar-refractivity contribution is 7.08. The van der Waals surface area contributed by atoms with Crippen molar-refractivity contribution in [3.05, 3.63) is 71.4 Å². The zero-order valence-electron chi connectivity index (χ0n) is 21.0. The summed E-state index contributed by atoms with van der Waals surface area (Å²) < 4.78 is 24.3. The summed E-state index contributed by atoms with van der Waals surface area (Å²) in [6, 6.07) is 10.7. The van der Waals surface area contributed by atoms with Crippen LogP contribution in [0.4, 0.5) is 5.82 Å². The molecule has 0 saturated carbocycles. The average Bonchev–Trinajstić information content (AvgIpc) is 3.60. The lowest BCUT2D eigenvalue weighted by Crippen LogP contribution is -2.18. The van der Waals surface area contributed by atoms with Crippen LogP contribution < -0.4 is 24.3 Å². The number of carbonyl (C=O) groups is 1. The molecule has 5 rings (SSSR count). The predicted molar refractivity (Wildman–Crippen MR) is 144 cm³/mol. The molecule has 4 aromatic heterocycles. The number of hydrogen-bond donors (Lipinski definition) is 1. The van der Waals surface area contributed by atoms with Gasteiger partial charge >= 0.3 is 0 Å². The molecule has 194 valence electrons. The number of methoxy groups -OCH3 is 2. The summed E-state index contributed by atoms with van der Waals surface area (Å²) in [5, 5.41) is 11.9. The summed E-state index contributed by atoms with van der Waals surface area (Å²) in [7, 11) is 3.15. The lowest BCUT2D eigenvalue weighted by molar-refractivity contribution is -0.115. The van der Waals surface area contributed by atoms with Gasteiger partial charge in [-0.3, -0.25) is 9.78 Å². The van der Waals surface area contributed by atoms with Crippen molar-refractivity contribution in [3.8, 4) is 34.4 Å². The van der Waals surface area contributed by atoms with Crippen LogP contribution in [0.15, 0.2) is 65.7 Å². The molecule has 0 aliphatic carbocycles. The number of fused-ring (bicyclic) bond motifs is 1. The molecule has 1 aromatic carbocycles. The van der Waals surface area contributed by atoms with E-state index in [1.165, 1.54) is 0 Å². The minimum Gasteiger partial charge on any atom is -0.493 e. The third kappa shape index (κ3) is 5.23. The minimum atomic E-state index is -0.245. The van der Waals surface area contributed by atoms with E-state index in [1.807, 2.05) is 29.8 Å². The molecule has 0 unspecified atom stereocenters. The summed E-state index contributed by atoms with van der Waals surface area (Å²) in [5.41, 5.74) is 2.24. The van der Waals surface area contributed by atoms with Crippen molar-refractivity contribution in [1.82, 2.24) is 19.7 Å². The highest BCUT2D eigenvalue weighted by atomic mass is 32.1. The van der Waals surface area contributed by atoms with Gasteiger partial charge in [0.1, 0.15) is 17.3 Å². The van der Waals surface area contributed by atoms with E-state index in [1.54, 1.807) is 73.1 Å². The summed E-state index contributed by atoms with van der Waals surface area (Å²) in [4.78, 5) is 21.6. The summed E-state index contributed by atoms with van der Waals surface area (Å²) >= 11 is 1.55. The molecule has 0 bridgehead atoms. The van der Waals surface area contributed by atoms with Crippen molar-refractivity contribution < 1.29 is 23.7 Å². The zero-order valence-corrected chi connectivity index (χ0v) is 21.8. The number of nitrogens with one attached hydrogen (secondary N) is 1. The molecule has 0 aliphatic heterocycles. The van der Waals surface area contributed by atoms with Gasteiger partial charge in [0.2, 0.25) is 5.91 Å². The van der Waals surface area contributed by atoms with Gasteiger partial charge < -0.3 is 24.3 Å². The fourth-order valence-electron chi connectivity index (χ4n) is 3.91. The zero-order chi connectivity index (χ0) is 26.5. The molecule has 11 heteroatoms. The van der Waals surface area contributed by atoms with E-state index in [9.17, 15) is 4.79 Å². The maximum atomic E-state index is 12.9. The van der Waals surface area contributed by atoms with Crippen LogP contribution in [0.2, 0.25) is 0 Å². The maximum Gasteiger partial charge on any atom is 0.231 e. The Labute approximate surface area is 222 Å². The Morgan fingerprint density at radius 3 is 2.55 bits per heavy atom. The van der Waals surface area contributed by atoms with E-state index >= 15 is 0 Å². The number of hydrogen-bond acceptors (Lipinski definition) is 9. The number of ether oxygens (including phenoxy) is 4. The van der Waals surface area contributed by atoms with Crippen LogP contribution >= 0.6 is 11.3 Å². The van der Waals surface area contributed by atoms with Gasteiger partial charge in [0.25, 0.3) is 0 Å². The first-order valence-electron chi connectivity index (χ1n) is 11.8. The van der Waals surface area contributed by atoms with Crippen LogP contribution in [-0.2, 0) is 11.2 Å². The van der Waals surface area contributed by atoms with E-state index < -0.39 is 0 Å². The SMILES string of the molecule is CCOc1cnn(-c2ccsc2)c1CC(=O)Nc1ccc(Oc2ccnc3cc(OC)c(OC)cc23)cn1. The molecule has 4 heterocycles. The van der Waals surface area contributed by atoms with Crippen LogP contribution in [0, 0.1) is 0 Å². The van der Waals surface area contributed by atoms with Gasteiger partial charge in [-0.15, -0.1) is 0 Å². The van der Waals surface area contributed by atoms with Crippen molar-refractivity contribution in [3.63, 3.8) is 0 Å². The second kappa shape index (κ2) is 11.2. The Balaban J connectivity index is 1.30. The standard InChI is InChI=1S/C27H25N5O5S/c1-4-36-25-15-30-32(17-8-10-38-16-17)21(25)13-27(33)31-26-6-5-18(14-29-26)37-22-7-9-28-20-12-24(35-3)23(34-2)11-19(20)22/h5-12,14-16H,4,13H2,1-3H3,(H,29,31,33). The first-order chi connectivity index (χ1) is 18.6. The molecule has 0 saturated heterocycles. The van der Waals surface area contributed by atoms with Crippen LogP contribution in [0.1, 0.15) is 12.6 Å². The topological polar surface area (TPSA) is 110 Å². The van der Waals surface area contributed by atoms with Gasteiger partial charge in [-0.2, -0.15) is 16.4 Å². The fraction of sp³-hybridized carbons (Fsp3) is 0.185. The normalized spacial score (nSPS) is 10.8. The molecule has 0 atom stereocenters. The number of benzene rings is 1. The second-order valence-corrected chi connectivity index (χ2v) is 8.80. The van der Waals surface area contributed by atoms with Crippen molar-refractivity contribution in [2.45, 2.75) is 13.3 Å². The van der Waals surface area contributed by atoms with Gasteiger partial charge in [0.15, 0.2) is 17.2 Å². The molecule has 0 spiro atoms. The molecule has 1 N–H and O–H groups in total. The second-order valence-electron chi connectivity index (χ2n) is 8.02. The molecule has 0 aliphatic rings. The Morgan fingerprint density at radius 1 is 1.00 bits per heavy atom. The van der Waals surface area contributed by atoms with Crippen molar-refractivity contribution in [1.29, 1.82) is 0 Å². The smallest absolute Gasteiger partial charge is 0.231 e. The Morgan fingerprint density at radius 2 is 1.84 bits per heavy atom. The van der Waals surface area contributed by atoms with Crippen LogP contribution in [-0.4, -0.2) is 46.5 Å². The number of nitrogens with zero attached hydrogens (tertiary/aromatic N) is 4. The first-order valence-corrected chi connectivity index (χ1v) is 12.7. The Hall–Kier alpha value is -4.64. The minimum absolute atomic E-state index is 0.0689. The largest absolute Gasteiger partial charge is 0.493 e. The van der Waals surface area contributed by atoms with Crippen molar-refractivity contribution in [2.75, 3.05) is 26.1 Å². The lowest BCUT2D eigenvalue weighted by atomic mass is 10.2. The predicted octanol–water partition coefficient (Wildman–Crippen LogP) is 5.27. The first kappa shape index (κ1) is 25.0.